The van der Waals surface area contributed by atoms with E-state index in [4.69, 9.17) is 4.98 Å². The first-order valence-corrected chi connectivity index (χ1v) is 12.2. The second-order valence-corrected chi connectivity index (χ2v) is 10.2. The molecule has 1 amide bonds. The summed E-state index contributed by atoms with van der Waals surface area (Å²) in [7, 11) is 0. The molecule has 1 atom stereocenters. The Morgan fingerprint density at radius 2 is 1.88 bits per heavy atom. The lowest BCUT2D eigenvalue weighted by Crippen LogP contribution is -2.41. The Morgan fingerprint density at radius 1 is 1.18 bits per heavy atom. The quantitative estimate of drug-likeness (QED) is 0.489. The molecule has 0 radical (unpaired) electrons. The third-order valence-corrected chi connectivity index (χ3v) is 7.30. The number of aromatic nitrogens is 2. The van der Waals surface area contributed by atoms with Gasteiger partial charge >= 0.3 is 0 Å². The number of rotatable bonds is 9. The van der Waals surface area contributed by atoms with Crippen LogP contribution in [0.25, 0.3) is 0 Å². The molecule has 2 heterocycles. The lowest BCUT2D eigenvalue weighted by molar-refractivity contribution is -0.122. The van der Waals surface area contributed by atoms with Crippen LogP contribution in [0, 0.1) is 0 Å². The van der Waals surface area contributed by atoms with Gasteiger partial charge in [0.15, 0.2) is 0 Å². The summed E-state index contributed by atoms with van der Waals surface area (Å²) in [6, 6.07) is 8.26. The molecule has 1 aromatic heterocycles. The highest BCUT2D eigenvalue weighted by Gasteiger charge is 2.46. The van der Waals surface area contributed by atoms with Gasteiger partial charge < -0.3 is 15.7 Å². The highest BCUT2D eigenvalue weighted by molar-refractivity contribution is 6.07. The van der Waals surface area contributed by atoms with Gasteiger partial charge in [0.1, 0.15) is 5.82 Å². The van der Waals surface area contributed by atoms with Crippen molar-refractivity contribution in [3.8, 4) is 0 Å². The first-order valence-electron chi connectivity index (χ1n) is 12.2. The van der Waals surface area contributed by atoms with E-state index in [9.17, 15) is 9.90 Å². The van der Waals surface area contributed by atoms with Crippen molar-refractivity contribution < 1.29 is 9.90 Å². The Kier molecular flexibility index (Phi) is 6.73. The van der Waals surface area contributed by atoms with Gasteiger partial charge in [-0.1, -0.05) is 31.9 Å². The Hall–Kier alpha value is -2.51. The number of aliphatic hydroxyl groups is 1. The molecule has 0 unspecified atom stereocenters. The maximum atomic E-state index is 13.0. The van der Waals surface area contributed by atoms with E-state index in [0.29, 0.717) is 11.8 Å². The minimum atomic E-state index is -0.612. The van der Waals surface area contributed by atoms with Gasteiger partial charge in [-0.25, -0.2) is 4.98 Å². The van der Waals surface area contributed by atoms with Gasteiger partial charge in [0.05, 0.1) is 11.0 Å². The van der Waals surface area contributed by atoms with Crippen molar-refractivity contribution in [3.63, 3.8) is 0 Å². The average molecular weight is 452 g/mol. The SMILES string of the molecule is CC[C@H](C)N1C(=O)C(C)(C)c2cnc(Nc3ccc(CNCCC4(O)CCCC4)cc3)nc21. The summed E-state index contributed by atoms with van der Waals surface area (Å²) in [6.07, 6.45) is 7.60. The van der Waals surface area contributed by atoms with E-state index in [1.165, 1.54) is 5.56 Å². The molecule has 3 N–H and O–H groups in total. The fraction of sp³-hybridized carbons (Fsp3) is 0.577. The first kappa shape index (κ1) is 23.6. The van der Waals surface area contributed by atoms with Crippen LogP contribution in [0.15, 0.2) is 30.5 Å². The number of nitrogens with zero attached hydrogens (tertiary/aromatic N) is 3. The summed E-state index contributed by atoms with van der Waals surface area (Å²) in [5.74, 6) is 1.28. The molecule has 2 aromatic rings. The maximum Gasteiger partial charge on any atom is 0.238 e. The Balaban J connectivity index is 1.37. The molecule has 0 bridgehead atoms. The van der Waals surface area contributed by atoms with Crippen molar-refractivity contribution in [2.24, 2.45) is 0 Å². The van der Waals surface area contributed by atoms with Crippen molar-refractivity contribution in [2.45, 2.75) is 89.8 Å². The van der Waals surface area contributed by atoms with Crippen molar-refractivity contribution in [1.82, 2.24) is 15.3 Å². The van der Waals surface area contributed by atoms with Crippen LogP contribution in [0.1, 0.15) is 77.3 Å². The third-order valence-electron chi connectivity index (χ3n) is 7.30. The lowest BCUT2D eigenvalue weighted by atomic mass is 9.88. The maximum absolute atomic E-state index is 13.0. The summed E-state index contributed by atoms with van der Waals surface area (Å²) < 4.78 is 0. The largest absolute Gasteiger partial charge is 0.390 e. The Morgan fingerprint density at radius 3 is 2.55 bits per heavy atom. The van der Waals surface area contributed by atoms with E-state index in [1.54, 1.807) is 6.20 Å². The highest BCUT2D eigenvalue weighted by atomic mass is 16.3. The topological polar surface area (TPSA) is 90.4 Å². The number of amides is 1. The fourth-order valence-corrected chi connectivity index (χ4v) is 4.83. The minimum absolute atomic E-state index is 0.0789. The van der Waals surface area contributed by atoms with Gasteiger partial charge in [-0.3, -0.25) is 9.69 Å². The zero-order valence-corrected chi connectivity index (χ0v) is 20.3. The monoisotopic (exact) mass is 451 g/mol. The van der Waals surface area contributed by atoms with E-state index >= 15 is 0 Å². The van der Waals surface area contributed by atoms with E-state index < -0.39 is 11.0 Å². The molecule has 1 saturated carbocycles. The van der Waals surface area contributed by atoms with Gasteiger partial charge in [-0.15, -0.1) is 0 Å². The first-order chi connectivity index (χ1) is 15.7. The number of hydrogen-bond acceptors (Lipinski definition) is 6. The van der Waals surface area contributed by atoms with Gasteiger partial charge in [-0.05, 0) is 70.7 Å². The number of anilines is 3. The van der Waals surface area contributed by atoms with Crippen LogP contribution in [-0.4, -0.2) is 39.2 Å². The van der Waals surface area contributed by atoms with Crippen LogP contribution in [0.5, 0.6) is 0 Å². The molecule has 1 aliphatic carbocycles. The number of benzene rings is 1. The van der Waals surface area contributed by atoms with Crippen molar-refractivity contribution >= 4 is 23.4 Å². The molecule has 2 aliphatic rings. The average Bonchev–Trinajstić information content (AvgIpc) is 3.31. The van der Waals surface area contributed by atoms with E-state index in [-0.39, 0.29) is 11.9 Å². The summed E-state index contributed by atoms with van der Waals surface area (Å²) in [6.45, 7) is 9.60. The van der Waals surface area contributed by atoms with Crippen molar-refractivity contribution in [2.75, 3.05) is 16.8 Å². The number of carbonyl (C=O) groups is 1. The van der Waals surface area contributed by atoms with Crippen molar-refractivity contribution in [1.29, 1.82) is 0 Å². The molecule has 7 nitrogen and oxygen atoms in total. The van der Waals surface area contributed by atoms with Gasteiger partial charge in [-0.2, -0.15) is 4.98 Å². The zero-order chi connectivity index (χ0) is 23.6. The second kappa shape index (κ2) is 9.39. The third kappa shape index (κ3) is 4.89. The summed E-state index contributed by atoms with van der Waals surface area (Å²) in [4.78, 5) is 24.0. The molecule has 33 heavy (non-hydrogen) atoms. The normalized spacial score (nSPS) is 19.5. The lowest BCUT2D eigenvalue weighted by Gasteiger charge is -2.25. The number of fused-ring (bicyclic) bond motifs is 1. The molecular formula is C26H37N5O2. The van der Waals surface area contributed by atoms with E-state index in [2.05, 4.69) is 41.6 Å². The van der Waals surface area contributed by atoms with E-state index in [0.717, 1.165) is 62.9 Å². The predicted octanol–water partition coefficient (Wildman–Crippen LogP) is 4.43. The number of nitrogens with one attached hydrogen (secondary N) is 2. The smallest absolute Gasteiger partial charge is 0.238 e. The fourth-order valence-electron chi connectivity index (χ4n) is 4.83. The minimum Gasteiger partial charge on any atom is -0.390 e. The summed E-state index contributed by atoms with van der Waals surface area (Å²) in [5, 5.41) is 17.2. The molecular weight excluding hydrogens is 414 g/mol. The van der Waals surface area contributed by atoms with Crippen LogP contribution in [0.4, 0.5) is 17.5 Å². The second-order valence-electron chi connectivity index (χ2n) is 10.2. The molecule has 0 saturated heterocycles. The molecule has 0 spiro atoms. The van der Waals surface area contributed by atoms with Crippen LogP contribution in [0.3, 0.4) is 0 Å². The number of hydrogen-bond donors (Lipinski definition) is 3. The molecule has 1 aliphatic heterocycles. The number of carbonyl (C=O) groups excluding carboxylic acids is 1. The molecule has 1 fully saturated rings. The molecule has 4 rings (SSSR count). The Labute approximate surface area is 197 Å². The molecule has 7 heteroatoms. The zero-order valence-electron chi connectivity index (χ0n) is 20.3. The van der Waals surface area contributed by atoms with Crippen molar-refractivity contribution in [3.05, 3.63) is 41.6 Å². The molecule has 1 aromatic carbocycles. The van der Waals surface area contributed by atoms with Crippen LogP contribution < -0.4 is 15.5 Å². The standard InChI is InChI=1S/C26H37N5O2/c1-5-18(2)31-22-21(25(3,4)23(31)32)17-28-24(30-22)29-20-10-8-19(9-11-20)16-27-15-14-26(33)12-6-7-13-26/h8-11,17-18,27,33H,5-7,12-16H2,1-4H3,(H,28,29,30)/t18-/m0/s1. The van der Waals surface area contributed by atoms with Crippen LogP contribution in [-0.2, 0) is 16.8 Å². The highest BCUT2D eigenvalue weighted by Crippen LogP contribution is 2.41. The Bertz CT molecular complexity index is 983. The summed E-state index contributed by atoms with van der Waals surface area (Å²) in [5.41, 5.74) is 1.89. The molecule has 178 valence electrons. The van der Waals surface area contributed by atoms with Gasteiger partial charge in [0.25, 0.3) is 0 Å². The van der Waals surface area contributed by atoms with E-state index in [1.807, 2.05) is 30.9 Å². The summed E-state index contributed by atoms with van der Waals surface area (Å²) >= 11 is 0. The van der Waals surface area contributed by atoms with Gasteiger partial charge in [0, 0.05) is 30.0 Å². The van der Waals surface area contributed by atoms with Crippen LogP contribution >= 0.6 is 0 Å². The predicted molar refractivity (Wildman–Crippen MR) is 132 cm³/mol. The van der Waals surface area contributed by atoms with Gasteiger partial charge in [0.2, 0.25) is 11.9 Å². The van der Waals surface area contributed by atoms with Crippen LogP contribution in [0.2, 0.25) is 0 Å².